The second-order valence-electron chi connectivity index (χ2n) is 9.60. The molecule has 1 aliphatic heterocycles. The average molecular weight is 557 g/mol. The van der Waals surface area contributed by atoms with Crippen LogP contribution in [0.15, 0.2) is 95.6 Å². The lowest BCUT2D eigenvalue weighted by Gasteiger charge is -2.37. The lowest BCUT2D eigenvalue weighted by Crippen LogP contribution is -2.49. The lowest BCUT2D eigenvalue weighted by atomic mass is 10.1. The maximum absolute atomic E-state index is 13.8. The van der Waals surface area contributed by atoms with E-state index in [-0.39, 0.29) is 17.7 Å². The molecule has 1 N–H and O–H groups in total. The van der Waals surface area contributed by atoms with E-state index in [0.29, 0.717) is 60.3 Å². The van der Waals surface area contributed by atoms with Crippen LogP contribution in [0.3, 0.4) is 0 Å². The summed E-state index contributed by atoms with van der Waals surface area (Å²) in [7, 11) is 1.76. The van der Waals surface area contributed by atoms with Gasteiger partial charge >= 0.3 is 0 Å². The summed E-state index contributed by atoms with van der Waals surface area (Å²) in [5.74, 6) is -0.308. The first-order chi connectivity index (χ1) is 19.4. The third-order valence-corrected chi connectivity index (χ3v) is 7.09. The van der Waals surface area contributed by atoms with E-state index in [2.05, 4.69) is 10.2 Å². The molecule has 4 aromatic rings. The molecule has 204 valence electrons. The van der Waals surface area contributed by atoms with Crippen molar-refractivity contribution in [1.29, 1.82) is 0 Å². The fraction of sp³-hybridized carbons (Fsp3) is 0.194. The summed E-state index contributed by atoms with van der Waals surface area (Å²) in [6.07, 6.45) is 1.49. The molecule has 5 rings (SSSR count). The van der Waals surface area contributed by atoms with Gasteiger partial charge in [0.1, 0.15) is 0 Å². The second kappa shape index (κ2) is 12.1. The normalized spacial score (nSPS) is 13.2. The Morgan fingerprint density at radius 2 is 1.62 bits per heavy atom. The Kier molecular flexibility index (Phi) is 8.17. The molecule has 0 radical (unpaired) electrons. The minimum atomic E-state index is -0.300. The molecular weight excluding hydrogens is 528 g/mol. The smallest absolute Gasteiger partial charge is 0.289 e. The number of carbonyl (C=O) groups excluding carboxylic acids is 3. The fourth-order valence-corrected chi connectivity index (χ4v) is 4.83. The van der Waals surface area contributed by atoms with Crippen molar-refractivity contribution in [3.63, 3.8) is 0 Å². The summed E-state index contributed by atoms with van der Waals surface area (Å²) in [6.45, 7) is 2.51. The number of nitrogens with one attached hydrogen (secondary N) is 1. The van der Waals surface area contributed by atoms with Gasteiger partial charge in [-0.1, -0.05) is 41.9 Å². The third-order valence-electron chi connectivity index (χ3n) is 6.84. The molecule has 1 saturated heterocycles. The summed E-state index contributed by atoms with van der Waals surface area (Å²) in [5.41, 5.74) is 3.20. The van der Waals surface area contributed by atoms with Crippen molar-refractivity contribution in [2.45, 2.75) is 6.54 Å². The third kappa shape index (κ3) is 6.18. The molecule has 8 nitrogen and oxygen atoms in total. The Labute approximate surface area is 237 Å². The molecule has 3 aromatic carbocycles. The average Bonchev–Trinajstić information content (AvgIpc) is 3.52. The molecule has 0 saturated carbocycles. The maximum Gasteiger partial charge on any atom is 0.289 e. The van der Waals surface area contributed by atoms with Crippen LogP contribution in [0.1, 0.15) is 36.8 Å². The molecule has 0 aliphatic carbocycles. The standard InChI is InChI=1S/C31H29ClN4O4/c1-34(21-22-6-3-2-4-7-22)30(38)26-20-25(33-29(37)23-9-11-24(32)12-10-23)13-14-27(26)35-15-17-36(18-16-35)31(39)28-8-5-19-40-28/h2-14,19-20H,15-18,21H2,1H3,(H,33,37). The predicted octanol–water partition coefficient (Wildman–Crippen LogP) is 5.42. The van der Waals surface area contributed by atoms with Crippen LogP contribution >= 0.6 is 11.6 Å². The zero-order valence-electron chi connectivity index (χ0n) is 22.0. The van der Waals surface area contributed by atoms with Crippen molar-refractivity contribution in [2.75, 3.05) is 43.4 Å². The molecule has 3 amide bonds. The highest BCUT2D eigenvalue weighted by atomic mass is 35.5. The Bertz CT molecular complexity index is 1480. The Hall–Kier alpha value is -4.56. The van der Waals surface area contributed by atoms with Crippen molar-refractivity contribution in [2.24, 2.45) is 0 Å². The summed E-state index contributed by atoms with van der Waals surface area (Å²) in [6, 6.07) is 25.1. The highest BCUT2D eigenvalue weighted by Crippen LogP contribution is 2.28. The number of hydrogen-bond acceptors (Lipinski definition) is 5. The molecule has 1 fully saturated rings. The topological polar surface area (TPSA) is 86.1 Å². The van der Waals surface area contributed by atoms with Crippen LogP contribution in [0.25, 0.3) is 0 Å². The van der Waals surface area contributed by atoms with Gasteiger partial charge in [0.25, 0.3) is 17.7 Å². The van der Waals surface area contributed by atoms with Crippen LogP contribution < -0.4 is 10.2 Å². The van der Waals surface area contributed by atoms with Gasteiger partial charge in [-0.3, -0.25) is 14.4 Å². The molecule has 0 bridgehead atoms. The van der Waals surface area contributed by atoms with Crippen molar-refractivity contribution in [1.82, 2.24) is 9.80 Å². The van der Waals surface area contributed by atoms with Crippen LogP contribution in [-0.4, -0.2) is 60.7 Å². The molecule has 1 aromatic heterocycles. The van der Waals surface area contributed by atoms with Crippen molar-refractivity contribution in [3.8, 4) is 0 Å². The Morgan fingerprint density at radius 1 is 0.900 bits per heavy atom. The van der Waals surface area contributed by atoms with Gasteiger partial charge in [-0.2, -0.15) is 0 Å². The number of anilines is 2. The molecule has 9 heteroatoms. The number of carbonyl (C=O) groups is 3. The maximum atomic E-state index is 13.8. The van der Waals surface area contributed by atoms with E-state index in [4.69, 9.17) is 16.0 Å². The van der Waals surface area contributed by atoms with Crippen LogP contribution in [0, 0.1) is 0 Å². The first kappa shape index (κ1) is 27.0. The van der Waals surface area contributed by atoms with E-state index >= 15 is 0 Å². The predicted molar refractivity (Wildman–Crippen MR) is 155 cm³/mol. The minimum absolute atomic E-state index is 0.149. The molecule has 0 atom stereocenters. The Morgan fingerprint density at radius 3 is 2.30 bits per heavy atom. The zero-order valence-corrected chi connectivity index (χ0v) is 22.8. The molecule has 0 unspecified atom stereocenters. The minimum Gasteiger partial charge on any atom is -0.459 e. The highest BCUT2D eigenvalue weighted by molar-refractivity contribution is 6.30. The van der Waals surface area contributed by atoms with Gasteiger partial charge < -0.3 is 24.4 Å². The van der Waals surface area contributed by atoms with E-state index in [1.54, 1.807) is 65.4 Å². The number of halogens is 1. The zero-order chi connectivity index (χ0) is 28.1. The summed E-state index contributed by atoms with van der Waals surface area (Å²) < 4.78 is 5.27. The molecule has 40 heavy (non-hydrogen) atoms. The van der Waals surface area contributed by atoms with E-state index in [1.165, 1.54) is 6.26 Å². The van der Waals surface area contributed by atoms with Crippen LogP contribution in [0.2, 0.25) is 5.02 Å². The van der Waals surface area contributed by atoms with Crippen molar-refractivity contribution < 1.29 is 18.8 Å². The quantitative estimate of drug-likeness (QED) is 0.328. The number of rotatable bonds is 7. The number of amides is 3. The summed E-state index contributed by atoms with van der Waals surface area (Å²) in [5, 5.41) is 3.44. The van der Waals surface area contributed by atoms with Gasteiger partial charge in [0.15, 0.2) is 5.76 Å². The first-order valence-electron chi connectivity index (χ1n) is 13.0. The Balaban J connectivity index is 1.38. The van der Waals surface area contributed by atoms with Gasteiger partial charge in [0.2, 0.25) is 0 Å². The monoisotopic (exact) mass is 556 g/mol. The van der Waals surface area contributed by atoms with Crippen LogP contribution in [-0.2, 0) is 6.54 Å². The van der Waals surface area contributed by atoms with Gasteiger partial charge in [0.05, 0.1) is 11.8 Å². The van der Waals surface area contributed by atoms with Crippen LogP contribution in [0.5, 0.6) is 0 Å². The van der Waals surface area contributed by atoms with Gasteiger partial charge in [-0.25, -0.2) is 0 Å². The molecule has 0 spiro atoms. The SMILES string of the molecule is CN(Cc1ccccc1)C(=O)c1cc(NC(=O)c2ccc(Cl)cc2)ccc1N1CCN(C(=O)c2ccco2)CC1. The van der Waals surface area contributed by atoms with Gasteiger partial charge in [0, 0.05) is 61.7 Å². The lowest BCUT2D eigenvalue weighted by molar-refractivity contribution is 0.0712. The van der Waals surface area contributed by atoms with Crippen molar-refractivity contribution >= 4 is 40.7 Å². The molecular formula is C31H29ClN4O4. The number of benzene rings is 3. The molecule has 1 aliphatic rings. The largest absolute Gasteiger partial charge is 0.459 e. The number of furan rings is 1. The summed E-state index contributed by atoms with van der Waals surface area (Å²) >= 11 is 5.96. The highest BCUT2D eigenvalue weighted by Gasteiger charge is 2.27. The fourth-order valence-electron chi connectivity index (χ4n) is 4.71. The van der Waals surface area contributed by atoms with Crippen molar-refractivity contribution in [3.05, 3.63) is 119 Å². The van der Waals surface area contributed by atoms with E-state index in [9.17, 15) is 14.4 Å². The molecule has 2 heterocycles. The number of hydrogen-bond donors (Lipinski definition) is 1. The van der Waals surface area contributed by atoms with Gasteiger partial charge in [-0.05, 0) is 60.2 Å². The van der Waals surface area contributed by atoms with Gasteiger partial charge in [-0.15, -0.1) is 0 Å². The van der Waals surface area contributed by atoms with E-state index in [0.717, 1.165) is 11.3 Å². The van der Waals surface area contributed by atoms with E-state index in [1.807, 2.05) is 36.4 Å². The first-order valence-corrected chi connectivity index (χ1v) is 13.3. The summed E-state index contributed by atoms with van der Waals surface area (Å²) in [4.78, 5) is 44.9. The second-order valence-corrected chi connectivity index (χ2v) is 10.0. The number of piperazine rings is 1. The number of nitrogens with zero attached hydrogens (tertiary/aromatic N) is 3. The van der Waals surface area contributed by atoms with E-state index < -0.39 is 0 Å². The van der Waals surface area contributed by atoms with Crippen LogP contribution in [0.4, 0.5) is 11.4 Å².